The molecule has 0 saturated heterocycles. The molecule has 0 aliphatic rings. The molecule has 4 heterocycles. The molecule has 0 unspecified atom stereocenters. The van der Waals surface area contributed by atoms with Gasteiger partial charge >= 0.3 is 0 Å². The van der Waals surface area contributed by atoms with Crippen LogP contribution in [0.25, 0.3) is 21.3 Å². The number of nitrogens with two attached hydrogens (primary N) is 1. The molecule has 0 aliphatic carbocycles. The number of rotatable bonds is 8. The number of amides is 2. The molecule has 2 amide bonds. The molecule has 5 rings (SSSR count). The predicted octanol–water partition coefficient (Wildman–Crippen LogP) is 6.08. The van der Waals surface area contributed by atoms with Crippen LogP contribution in [0.5, 0.6) is 5.75 Å². The number of fused-ring (bicyclic) bond motifs is 1. The van der Waals surface area contributed by atoms with Crippen LogP contribution in [0.2, 0.25) is 0 Å². The maximum atomic E-state index is 13.7. The second-order valence-corrected chi connectivity index (χ2v) is 10.3. The molecule has 0 spiro atoms. The third-order valence-electron chi connectivity index (χ3n) is 6.42. The minimum Gasteiger partial charge on any atom is -0.486 e. The molecule has 5 aromatic rings. The van der Waals surface area contributed by atoms with E-state index in [2.05, 4.69) is 15.4 Å². The number of primary amides is 1. The summed E-state index contributed by atoms with van der Waals surface area (Å²) in [6, 6.07) is 10.0. The number of hydrogen-bond acceptors (Lipinski definition) is 7. The average Bonchev–Trinajstić information content (AvgIpc) is 3.61. The number of pyridine rings is 1. The summed E-state index contributed by atoms with van der Waals surface area (Å²) >= 11 is 0.824. The van der Waals surface area contributed by atoms with Crippen molar-refractivity contribution < 1.29 is 27.5 Å². The van der Waals surface area contributed by atoms with Gasteiger partial charge in [-0.1, -0.05) is 6.07 Å². The highest BCUT2D eigenvalue weighted by Crippen LogP contribution is 2.43. The van der Waals surface area contributed by atoms with Crippen LogP contribution in [0.15, 0.2) is 47.0 Å². The predicted molar refractivity (Wildman–Crippen MR) is 147 cm³/mol. The van der Waals surface area contributed by atoms with Crippen molar-refractivity contribution in [3.63, 3.8) is 0 Å². The summed E-state index contributed by atoms with van der Waals surface area (Å²) < 4.78 is 40.5. The van der Waals surface area contributed by atoms with Gasteiger partial charge in [0.25, 0.3) is 18.2 Å². The highest BCUT2D eigenvalue weighted by Gasteiger charge is 2.27. The lowest BCUT2D eigenvalue weighted by atomic mass is 10.0. The molecule has 0 bridgehead atoms. The molecule has 0 fully saturated rings. The maximum Gasteiger partial charge on any atom is 0.291 e. The first-order valence-electron chi connectivity index (χ1n) is 12.2. The first-order chi connectivity index (χ1) is 19.0. The SMILES string of the molecule is Cc1ccc(OCc2ccc(C(=O)Nc3c(C(N)=O)sc4nc(C(F)F)cc(-c5cn(C)nc5C)c34)o2)cc1C. The van der Waals surface area contributed by atoms with Crippen LogP contribution in [0.1, 0.15) is 54.9 Å². The van der Waals surface area contributed by atoms with E-state index >= 15 is 0 Å². The Hall–Kier alpha value is -4.58. The number of nitrogens with zero attached hydrogens (tertiary/aromatic N) is 3. The van der Waals surface area contributed by atoms with Gasteiger partial charge in [-0.3, -0.25) is 14.3 Å². The molecule has 40 heavy (non-hydrogen) atoms. The third-order valence-corrected chi connectivity index (χ3v) is 7.51. The Balaban J connectivity index is 1.50. The molecule has 9 nitrogen and oxygen atoms in total. The summed E-state index contributed by atoms with van der Waals surface area (Å²) in [5.74, 6) is -0.470. The molecule has 12 heteroatoms. The quantitative estimate of drug-likeness (QED) is 0.235. The lowest BCUT2D eigenvalue weighted by Crippen LogP contribution is -2.16. The van der Waals surface area contributed by atoms with Crippen LogP contribution in [0, 0.1) is 20.8 Å². The largest absolute Gasteiger partial charge is 0.486 e. The van der Waals surface area contributed by atoms with E-state index in [1.165, 1.54) is 12.1 Å². The van der Waals surface area contributed by atoms with E-state index in [0.29, 0.717) is 33.7 Å². The van der Waals surface area contributed by atoms with Crippen LogP contribution < -0.4 is 15.8 Å². The zero-order chi connectivity index (χ0) is 28.7. The average molecular weight is 566 g/mol. The zero-order valence-corrected chi connectivity index (χ0v) is 22.9. The van der Waals surface area contributed by atoms with Crippen molar-refractivity contribution in [3.8, 4) is 16.9 Å². The van der Waals surface area contributed by atoms with Crippen LogP contribution in [0.3, 0.4) is 0 Å². The van der Waals surface area contributed by atoms with E-state index in [-0.39, 0.29) is 27.8 Å². The van der Waals surface area contributed by atoms with E-state index in [0.717, 1.165) is 22.5 Å². The molecular formula is C28H25F2N5O4S. The topological polar surface area (TPSA) is 125 Å². The normalized spacial score (nSPS) is 11.4. The lowest BCUT2D eigenvalue weighted by Gasteiger charge is -2.10. The molecule has 0 radical (unpaired) electrons. The van der Waals surface area contributed by atoms with Gasteiger partial charge in [-0.2, -0.15) is 5.10 Å². The van der Waals surface area contributed by atoms with Crippen molar-refractivity contribution in [1.82, 2.24) is 14.8 Å². The summed E-state index contributed by atoms with van der Waals surface area (Å²) in [6.07, 6.45) is -1.19. The summed E-state index contributed by atoms with van der Waals surface area (Å²) in [5.41, 5.74) is 8.89. The van der Waals surface area contributed by atoms with Crippen LogP contribution in [-0.4, -0.2) is 26.6 Å². The van der Waals surface area contributed by atoms with Crippen molar-refractivity contribution in [2.45, 2.75) is 33.8 Å². The van der Waals surface area contributed by atoms with Crippen molar-refractivity contribution in [1.29, 1.82) is 0 Å². The summed E-state index contributed by atoms with van der Waals surface area (Å²) in [4.78, 5) is 29.8. The number of halogens is 2. The first-order valence-corrected chi connectivity index (χ1v) is 13.0. The number of ether oxygens (including phenoxy) is 1. The summed E-state index contributed by atoms with van der Waals surface area (Å²) in [5, 5.41) is 7.31. The number of hydrogen-bond donors (Lipinski definition) is 2. The van der Waals surface area contributed by atoms with Crippen molar-refractivity contribution in [2.75, 3.05) is 5.32 Å². The molecule has 0 saturated carbocycles. The third kappa shape index (κ3) is 5.17. The van der Waals surface area contributed by atoms with Gasteiger partial charge in [0.2, 0.25) is 0 Å². The fourth-order valence-electron chi connectivity index (χ4n) is 4.31. The van der Waals surface area contributed by atoms with Gasteiger partial charge in [-0.15, -0.1) is 11.3 Å². The number of carbonyl (C=O) groups is 2. The van der Waals surface area contributed by atoms with Crippen molar-refractivity contribution in [3.05, 3.63) is 81.5 Å². The minimum absolute atomic E-state index is 0.0325. The minimum atomic E-state index is -2.86. The Bertz CT molecular complexity index is 1770. The van der Waals surface area contributed by atoms with E-state index in [9.17, 15) is 18.4 Å². The van der Waals surface area contributed by atoms with Crippen molar-refractivity contribution >= 4 is 39.1 Å². The van der Waals surface area contributed by atoms with Gasteiger partial charge in [-0.05, 0) is 67.8 Å². The van der Waals surface area contributed by atoms with E-state index < -0.39 is 23.9 Å². The molecular weight excluding hydrogens is 540 g/mol. The van der Waals surface area contributed by atoms with Crippen LogP contribution >= 0.6 is 11.3 Å². The summed E-state index contributed by atoms with van der Waals surface area (Å²) in [7, 11) is 1.70. The number of alkyl halides is 2. The molecule has 3 N–H and O–H groups in total. The number of carbonyl (C=O) groups excluding carboxylic acids is 2. The van der Waals surface area contributed by atoms with Gasteiger partial charge in [0.05, 0.1) is 11.4 Å². The Morgan fingerprint density at radius 3 is 2.55 bits per heavy atom. The van der Waals surface area contributed by atoms with Gasteiger partial charge < -0.3 is 20.2 Å². The molecule has 0 aliphatic heterocycles. The van der Waals surface area contributed by atoms with E-state index in [4.69, 9.17) is 14.9 Å². The smallest absolute Gasteiger partial charge is 0.291 e. The fraction of sp³-hybridized carbons (Fsp3) is 0.214. The van der Waals surface area contributed by atoms with Crippen molar-refractivity contribution in [2.24, 2.45) is 12.8 Å². The number of aryl methyl sites for hydroxylation is 4. The number of thiophene rings is 1. The first kappa shape index (κ1) is 27.0. The molecule has 1 aromatic carbocycles. The fourth-order valence-corrected chi connectivity index (χ4v) is 5.32. The number of anilines is 1. The van der Waals surface area contributed by atoms with Gasteiger partial charge in [0.15, 0.2) is 5.76 Å². The number of furan rings is 1. The second kappa shape index (κ2) is 10.5. The Morgan fingerprint density at radius 1 is 1.12 bits per heavy atom. The van der Waals surface area contributed by atoms with Crippen LogP contribution in [0.4, 0.5) is 14.5 Å². The number of benzene rings is 1. The van der Waals surface area contributed by atoms with Gasteiger partial charge in [0, 0.05) is 24.2 Å². The highest BCUT2D eigenvalue weighted by atomic mass is 32.1. The monoisotopic (exact) mass is 565 g/mol. The van der Waals surface area contributed by atoms with E-state index in [1.807, 2.05) is 32.0 Å². The Kier molecular flexibility index (Phi) is 7.11. The molecule has 0 atom stereocenters. The zero-order valence-electron chi connectivity index (χ0n) is 22.0. The lowest BCUT2D eigenvalue weighted by molar-refractivity contribution is 0.0992. The summed E-state index contributed by atoms with van der Waals surface area (Å²) in [6.45, 7) is 5.81. The van der Waals surface area contributed by atoms with Crippen LogP contribution in [-0.2, 0) is 13.7 Å². The highest BCUT2D eigenvalue weighted by molar-refractivity contribution is 7.21. The van der Waals surface area contributed by atoms with Gasteiger partial charge in [0.1, 0.15) is 33.5 Å². The maximum absolute atomic E-state index is 13.7. The number of aromatic nitrogens is 3. The molecule has 206 valence electrons. The Labute approximate surface area is 231 Å². The second-order valence-electron chi connectivity index (χ2n) is 9.30. The number of nitrogens with one attached hydrogen (secondary N) is 1. The van der Waals surface area contributed by atoms with Gasteiger partial charge in [-0.25, -0.2) is 13.8 Å². The van der Waals surface area contributed by atoms with E-state index in [1.54, 1.807) is 30.9 Å². The molecule has 4 aromatic heterocycles. The Morgan fingerprint density at radius 2 is 1.90 bits per heavy atom. The standard InChI is InChI=1S/C28H25F2N5O4S/c1-13-5-6-16(9-14(13)2)38-12-17-7-8-21(39-17)27(37)33-23-22-18(19-11-35(4)34-15(19)3)10-20(25(29)30)32-28(22)40-24(23)26(31)36/h5-11,25H,12H2,1-4H3,(H2,31,36)(H,33,37).